The normalized spacial score (nSPS) is 32.8. The Balaban J connectivity index is 1.72. The van der Waals surface area contributed by atoms with Crippen LogP contribution in [0.25, 0.3) is 0 Å². The smallest absolute Gasteiger partial charge is 0.323 e. The molecule has 1 aliphatic carbocycles. The topological polar surface area (TPSA) is 65.5 Å². The van der Waals surface area contributed by atoms with E-state index < -0.39 is 0 Å². The van der Waals surface area contributed by atoms with E-state index in [-0.39, 0.29) is 29.5 Å². The van der Waals surface area contributed by atoms with Gasteiger partial charge < -0.3 is 10.0 Å². The number of rotatable bonds is 1. The first kappa shape index (κ1) is 11.9. The highest BCUT2D eigenvalue weighted by Gasteiger charge is 2.61. The molecule has 2 heterocycles. The van der Waals surface area contributed by atoms with Crippen molar-refractivity contribution in [3.8, 4) is 0 Å². The van der Waals surface area contributed by atoms with Gasteiger partial charge in [-0.2, -0.15) is 0 Å². The SMILES string of the molecule is CC1(C)[C@@H]2[C@@H](CCN2C(=O)Nc2nccs2)[C@@H]1O. The number of carbonyl (C=O) groups excluding carboxylic acids is 1. The number of anilines is 1. The summed E-state index contributed by atoms with van der Waals surface area (Å²) in [5.41, 5.74) is -0.207. The molecular formula is C12H17N3O2S. The summed E-state index contributed by atoms with van der Waals surface area (Å²) >= 11 is 1.41. The summed E-state index contributed by atoms with van der Waals surface area (Å²) in [6, 6.07) is 0.0462. The van der Waals surface area contributed by atoms with Crippen LogP contribution >= 0.6 is 11.3 Å². The second-order valence-corrected chi connectivity index (χ2v) is 6.52. The number of hydrogen-bond acceptors (Lipinski definition) is 4. The van der Waals surface area contributed by atoms with Gasteiger partial charge in [-0.15, -0.1) is 11.3 Å². The summed E-state index contributed by atoms with van der Waals surface area (Å²) in [4.78, 5) is 18.1. The van der Waals surface area contributed by atoms with E-state index in [0.717, 1.165) is 6.42 Å². The molecule has 1 saturated carbocycles. The maximum absolute atomic E-state index is 12.2. The van der Waals surface area contributed by atoms with Crippen molar-refractivity contribution in [2.75, 3.05) is 11.9 Å². The molecule has 1 saturated heterocycles. The van der Waals surface area contributed by atoms with Crippen LogP contribution < -0.4 is 5.32 Å². The molecule has 2 amide bonds. The lowest BCUT2D eigenvalue weighted by Gasteiger charge is -2.55. The van der Waals surface area contributed by atoms with E-state index in [2.05, 4.69) is 10.3 Å². The van der Waals surface area contributed by atoms with Crippen molar-refractivity contribution in [3.05, 3.63) is 11.6 Å². The van der Waals surface area contributed by atoms with E-state index in [0.29, 0.717) is 11.7 Å². The largest absolute Gasteiger partial charge is 0.392 e. The van der Waals surface area contributed by atoms with Crippen LogP contribution in [0.15, 0.2) is 11.6 Å². The lowest BCUT2D eigenvalue weighted by Crippen LogP contribution is -2.65. The van der Waals surface area contributed by atoms with Crippen LogP contribution in [-0.4, -0.2) is 39.7 Å². The van der Waals surface area contributed by atoms with E-state index in [1.807, 2.05) is 24.1 Å². The Bertz CT molecular complexity index is 460. The molecule has 0 radical (unpaired) electrons. The lowest BCUT2D eigenvalue weighted by atomic mass is 9.58. The monoisotopic (exact) mass is 267 g/mol. The van der Waals surface area contributed by atoms with Crippen molar-refractivity contribution >= 4 is 22.5 Å². The number of urea groups is 1. The highest BCUT2D eigenvalue weighted by Crippen LogP contribution is 2.53. The molecule has 1 aliphatic heterocycles. The zero-order valence-electron chi connectivity index (χ0n) is 10.5. The number of fused-ring (bicyclic) bond motifs is 1. The summed E-state index contributed by atoms with van der Waals surface area (Å²) in [7, 11) is 0. The highest BCUT2D eigenvalue weighted by molar-refractivity contribution is 7.13. The average Bonchev–Trinajstić information content (AvgIpc) is 2.95. The Kier molecular flexibility index (Phi) is 2.60. The van der Waals surface area contributed by atoms with E-state index in [4.69, 9.17) is 0 Å². The minimum atomic E-state index is -0.292. The standard InChI is InChI=1S/C12H17N3O2S/c1-12(2)8-7(9(12)16)3-5-15(8)11(17)14-10-13-4-6-18-10/h4,6-9,16H,3,5H2,1-2H3,(H,13,14,17)/t7-,8+,9+/m1/s1. The Morgan fingerprint density at radius 2 is 2.44 bits per heavy atom. The van der Waals surface area contributed by atoms with Crippen LogP contribution in [-0.2, 0) is 0 Å². The van der Waals surface area contributed by atoms with E-state index in [1.54, 1.807) is 6.20 Å². The number of likely N-dealkylation sites (tertiary alicyclic amines) is 1. The van der Waals surface area contributed by atoms with Crippen LogP contribution in [0.1, 0.15) is 20.3 Å². The zero-order valence-corrected chi connectivity index (χ0v) is 11.3. The van der Waals surface area contributed by atoms with Crippen LogP contribution in [0, 0.1) is 11.3 Å². The van der Waals surface area contributed by atoms with Crippen LogP contribution in [0.4, 0.5) is 9.93 Å². The van der Waals surface area contributed by atoms with Gasteiger partial charge in [0, 0.05) is 35.5 Å². The molecule has 98 valence electrons. The predicted molar refractivity (Wildman–Crippen MR) is 69.5 cm³/mol. The van der Waals surface area contributed by atoms with Gasteiger partial charge in [0.2, 0.25) is 0 Å². The molecule has 2 aliphatic rings. The second kappa shape index (κ2) is 3.93. The van der Waals surface area contributed by atoms with Crippen molar-refractivity contribution in [3.63, 3.8) is 0 Å². The van der Waals surface area contributed by atoms with E-state index in [9.17, 15) is 9.90 Å². The number of carbonyl (C=O) groups is 1. The van der Waals surface area contributed by atoms with Gasteiger partial charge in [-0.25, -0.2) is 9.78 Å². The fourth-order valence-corrected chi connectivity index (χ4v) is 3.90. The van der Waals surface area contributed by atoms with Gasteiger partial charge in [0.25, 0.3) is 0 Å². The Morgan fingerprint density at radius 1 is 1.67 bits per heavy atom. The van der Waals surface area contributed by atoms with Crippen LogP contribution in [0.2, 0.25) is 0 Å². The maximum Gasteiger partial charge on any atom is 0.323 e. The van der Waals surface area contributed by atoms with Gasteiger partial charge in [0.05, 0.1) is 6.10 Å². The number of amides is 2. The van der Waals surface area contributed by atoms with Crippen molar-refractivity contribution in [1.82, 2.24) is 9.88 Å². The molecule has 5 nitrogen and oxygen atoms in total. The average molecular weight is 267 g/mol. The number of aliphatic hydroxyl groups is 1. The summed E-state index contributed by atoms with van der Waals surface area (Å²) in [6.45, 7) is 4.76. The molecular weight excluding hydrogens is 250 g/mol. The number of thiazole rings is 1. The van der Waals surface area contributed by atoms with Gasteiger partial charge >= 0.3 is 6.03 Å². The second-order valence-electron chi connectivity index (χ2n) is 5.62. The van der Waals surface area contributed by atoms with Crippen LogP contribution in [0.3, 0.4) is 0 Å². The minimum Gasteiger partial charge on any atom is -0.392 e. The van der Waals surface area contributed by atoms with Gasteiger partial charge in [-0.3, -0.25) is 5.32 Å². The molecule has 1 aromatic rings. The molecule has 6 heteroatoms. The third kappa shape index (κ3) is 1.55. The van der Waals surface area contributed by atoms with Gasteiger partial charge in [-0.1, -0.05) is 13.8 Å². The molecule has 0 unspecified atom stereocenters. The zero-order chi connectivity index (χ0) is 12.9. The summed E-state index contributed by atoms with van der Waals surface area (Å²) in [5, 5.41) is 15.3. The summed E-state index contributed by atoms with van der Waals surface area (Å²) < 4.78 is 0. The number of aromatic nitrogens is 1. The molecule has 18 heavy (non-hydrogen) atoms. The fraction of sp³-hybridized carbons (Fsp3) is 0.667. The van der Waals surface area contributed by atoms with E-state index >= 15 is 0 Å². The Hall–Kier alpha value is -1.14. The van der Waals surface area contributed by atoms with Crippen molar-refractivity contribution in [1.29, 1.82) is 0 Å². The third-order valence-electron chi connectivity index (χ3n) is 4.28. The molecule has 3 atom stereocenters. The molecule has 3 rings (SSSR count). The predicted octanol–water partition coefficient (Wildman–Crippen LogP) is 1.77. The number of aliphatic hydroxyl groups excluding tert-OH is 1. The Morgan fingerprint density at radius 3 is 3.11 bits per heavy atom. The van der Waals surface area contributed by atoms with Crippen LogP contribution in [0.5, 0.6) is 0 Å². The van der Waals surface area contributed by atoms with Gasteiger partial charge in [-0.05, 0) is 6.42 Å². The maximum atomic E-state index is 12.2. The molecule has 1 aromatic heterocycles. The summed E-state index contributed by atoms with van der Waals surface area (Å²) in [6.07, 6.45) is 2.27. The summed E-state index contributed by atoms with van der Waals surface area (Å²) in [5.74, 6) is 0.238. The fourth-order valence-electron chi connectivity index (χ4n) is 3.38. The van der Waals surface area contributed by atoms with Gasteiger partial charge in [0.1, 0.15) is 0 Å². The molecule has 0 bridgehead atoms. The van der Waals surface area contributed by atoms with Crippen molar-refractivity contribution in [2.45, 2.75) is 32.4 Å². The number of nitrogens with zero attached hydrogens (tertiary/aromatic N) is 2. The van der Waals surface area contributed by atoms with Crippen molar-refractivity contribution in [2.24, 2.45) is 11.3 Å². The molecule has 0 aromatic carbocycles. The Labute approximate surface area is 110 Å². The van der Waals surface area contributed by atoms with E-state index in [1.165, 1.54) is 11.3 Å². The molecule has 2 N–H and O–H groups in total. The third-order valence-corrected chi connectivity index (χ3v) is 4.97. The van der Waals surface area contributed by atoms with Gasteiger partial charge in [0.15, 0.2) is 5.13 Å². The first-order valence-corrected chi connectivity index (χ1v) is 7.05. The highest BCUT2D eigenvalue weighted by atomic mass is 32.1. The number of nitrogens with one attached hydrogen (secondary N) is 1. The lowest BCUT2D eigenvalue weighted by molar-refractivity contribution is -0.134. The molecule has 2 fully saturated rings. The minimum absolute atomic E-state index is 0.0996. The van der Waals surface area contributed by atoms with Crippen molar-refractivity contribution < 1.29 is 9.90 Å². The number of hydrogen-bond donors (Lipinski definition) is 2. The first-order valence-electron chi connectivity index (χ1n) is 6.17. The first-order chi connectivity index (χ1) is 8.51. The quantitative estimate of drug-likeness (QED) is 0.815. The molecule has 0 spiro atoms.